The van der Waals surface area contributed by atoms with E-state index in [4.69, 9.17) is 14.9 Å². The Labute approximate surface area is 112 Å². The van der Waals surface area contributed by atoms with E-state index < -0.39 is 0 Å². The second-order valence-electron chi connectivity index (χ2n) is 3.93. The van der Waals surface area contributed by atoms with Gasteiger partial charge >= 0.3 is 0 Å². The van der Waals surface area contributed by atoms with Crippen molar-refractivity contribution < 1.29 is 9.47 Å². The van der Waals surface area contributed by atoms with Crippen molar-refractivity contribution in [3.8, 4) is 11.5 Å². The summed E-state index contributed by atoms with van der Waals surface area (Å²) in [6, 6.07) is 14.9. The van der Waals surface area contributed by atoms with E-state index in [1.807, 2.05) is 48.5 Å². The molecule has 2 rings (SSSR count). The molecule has 98 valence electrons. The lowest BCUT2D eigenvalue weighted by Gasteiger charge is -2.11. The number of amidine groups is 1. The van der Waals surface area contributed by atoms with Crippen LogP contribution in [0, 0.1) is 5.41 Å². The molecule has 0 amide bonds. The van der Waals surface area contributed by atoms with Gasteiger partial charge in [0.25, 0.3) is 0 Å². The molecule has 0 saturated carbocycles. The van der Waals surface area contributed by atoms with Gasteiger partial charge in [0.15, 0.2) is 0 Å². The summed E-state index contributed by atoms with van der Waals surface area (Å²) < 4.78 is 10.3. The van der Waals surface area contributed by atoms with Crippen molar-refractivity contribution in [2.24, 2.45) is 0 Å². The molecule has 2 aromatic rings. The fourth-order valence-electron chi connectivity index (χ4n) is 1.74. The monoisotopic (exact) mass is 256 g/mol. The number of nitrogens with one attached hydrogen (secondary N) is 2. The molecular formula is C15H16N2O2. The van der Waals surface area contributed by atoms with Crippen LogP contribution in [-0.4, -0.2) is 20.1 Å². The number of benzene rings is 2. The van der Waals surface area contributed by atoms with Gasteiger partial charge in [-0.1, -0.05) is 12.1 Å². The topological polar surface area (TPSA) is 54.3 Å². The molecule has 0 saturated heterocycles. The molecule has 0 aliphatic heterocycles. The highest BCUT2D eigenvalue weighted by Gasteiger charge is 2.07. The van der Waals surface area contributed by atoms with Gasteiger partial charge in [-0.15, -0.1) is 0 Å². The lowest BCUT2D eigenvalue weighted by Crippen LogP contribution is -2.13. The Balaban J connectivity index is 2.16. The maximum atomic E-state index is 8.09. The fraction of sp³-hybridized carbons (Fsp3) is 0.133. The summed E-state index contributed by atoms with van der Waals surface area (Å²) in [6.45, 7) is 0. The van der Waals surface area contributed by atoms with Gasteiger partial charge in [-0.2, -0.15) is 0 Å². The molecule has 0 heterocycles. The molecule has 0 bridgehead atoms. The van der Waals surface area contributed by atoms with Crippen molar-refractivity contribution in [3.05, 3.63) is 54.1 Å². The normalized spacial score (nSPS) is 9.79. The minimum absolute atomic E-state index is 0.294. The highest BCUT2D eigenvalue weighted by Crippen LogP contribution is 2.20. The third kappa shape index (κ3) is 3.04. The van der Waals surface area contributed by atoms with Crippen molar-refractivity contribution in [1.82, 2.24) is 0 Å². The molecule has 0 aromatic heterocycles. The molecule has 4 nitrogen and oxygen atoms in total. The van der Waals surface area contributed by atoms with Crippen LogP contribution in [0.25, 0.3) is 0 Å². The van der Waals surface area contributed by atoms with Crippen molar-refractivity contribution in [1.29, 1.82) is 5.41 Å². The molecular weight excluding hydrogens is 240 g/mol. The summed E-state index contributed by atoms with van der Waals surface area (Å²) in [5, 5.41) is 11.1. The SMILES string of the molecule is COc1ccc(NC(=N)c2ccccc2OC)cc1. The highest BCUT2D eigenvalue weighted by molar-refractivity contribution is 6.07. The van der Waals surface area contributed by atoms with E-state index in [1.54, 1.807) is 14.2 Å². The van der Waals surface area contributed by atoms with E-state index in [0.29, 0.717) is 11.6 Å². The maximum absolute atomic E-state index is 8.09. The number of methoxy groups -OCH3 is 2. The Morgan fingerprint density at radius 3 is 2.26 bits per heavy atom. The van der Waals surface area contributed by atoms with Gasteiger partial charge in [-0.05, 0) is 36.4 Å². The van der Waals surface area contributed by atoms with Crippen LogP contribution in [0.2, 0.25) is 0 Å². The number of anilines is 1. The van der Waals surface area contributed by atoms with Gasteiger partial charge in [0.2, 0.25) is 0 Å². The third-order valence-corrected chi connectivity index (χ3v) is 2.74. The Hall–Kier alpha value is -2.49. The van der Waals surface area contributed by atoms with E-state index in [-0.39, 0.29) is 0 Å². The molecule has 0 spiro atoms. The fourth-order valence-corrected chi connectivity index (χ4v) is 1.74. The van der Waals surface area contributed by atoms with E-state index in [1.165, 1.54) is 0 Å². The average molecular weight is 256 g/mol. The van der Waals surface area contributed by atoms with Crippen LogP contribution >= 0.6 is 0 Å². The first-order valence-corrected chi connectivity index (χ1v) is 5.87. The number of para-hydroxylation sites is 1. The summed E-state index contributed by atoms with van der Waals surface area (Å²) in [6.07, 6.45) is 0. The second kappa shape index (κ2) is 5.91. The largest absolute Gasteiger partial charge is 0.497 e. The van der Waals surface area contributed by atoms with Gasteiger partial charge in [0, 0.05) is 5.69 Å². The molecule has 0 radical (unpaired) electrons. The Morgan fingerprint density at radius 1 is 0.947 bits per heavy atom. The molecule has 0 atom stereocenters. The summed E-state index contributed by atoms with van der Waals surface area (Å²) >= 11 is 0. The van der Waals surface area contributed by atoms with Crippen LogP contribution < -0.4 is 14.8 Å². The molecule has 0 aliphatic carbocycles. The van der Waals surface area contributed by atoms with E-state index in [9.17, 15) is 0 Å². The standard InChI is InChI=1S/C15H16N2O2/c1-18-12-9-7-11(8-10-12)17-15(16)13-5-3-4-6-14(13)19-2/h3-10H,1-2H3,(H2,16,17). The van der Waals surface area contributed by atoms with Crippen LogP contribution in [0.1, 0.15) is 5.56 Å². The first-order chi connectivity index (χ1) is 9.24. The minimum atomic E-state index is 0.294. The van der Waals surface area contributed by atoms with Crippen LogP contribution in [0.4, 0.5) is 5.69 Å². The second-order valence-corrected chi connectivity index (χ2v) is 3.93. The van der Waals surface area contributed by atoms with Crippen molar-refractivity contribution in [3.63, 3.8) is 0 Å². The molecule has 0 fully saturated rings. The highest BCUT2D eigenvalue weighted by atomic mass is 16.5. The summed E-state index contributed by atoms with van der Waals surface area (Å²) in [5.41, 5.74) is 1.55. The zero-order valence-corrected chi connectivity index (χ0v) is 10.9. The van der Waals surface area contributed by atoms with E-state index >= 15 is 0 Å². The Bertz CT molecular complexity index is 565. The van der Waals surface area contributed by atoms with E-state index in [2.05, 4.69) is 5.32 Å². The molecule has 0 unspecified atom stereocenters. The predicted octanol–water partition coefficient (Wildman–Crippen LogP) is 3.14. The summed E-state index contributed by atoms with van der Waals surface area (Å²) in [4.78, 5) is 0. The van der Waals surface area contributed by atoms with Crippen LogP contribution in [0.15, 0.2) is 48.5 Å². The van der Waals surface area contributed by atoms with Gasteiger partial charge in [0.1, 0.15) is 17.3 Å². The Kier molecular flexibility index (Phi) is 4.03. The van der Waals surface area contributed by atoms with Gasteiger partial charge < -0.3 is 14.8 Å². The van der Waals surface area contributed by atoms with Crippen LogP contribution in [0.3, 0.4) is 0 Å². The van der Waals surface area contributed by atoms with Crippen molar-refractivity contribution >= 4 is 11.5 Å². The average Bonchev–Trinajstić information content (AvgIpc) is 2.48. The van der Waals surface area contributed by atoms with Crippen molar-refractivity contribution in [2.75, 3.05) is 19.5 Å². The lowest BCUT2D eigenvalue weighted by atomic mass is 10.1. The van der Waals surface area contributed by atoms with Gasteiger partial charge in [0.05, 0.1) is 19.8 Å². The molecule has 2 aromatic carbocycles. The van der Waals surface area contributed by atoms with Gasteiger partial charge in [-0.3, -0.25) is 5.41 Å². The molecule has 0 aliphatic rings. The number of hydrogen-bond donors (Lipinski definition) is 2. The van der Waals surface area contributed by atoms with Crippen LogP contribution in [0.5, 0.6) is 11.5 Å². The first kappa shape index (κ1) is 13.0. The number of ether oxygens (including phenoxy) is 2. The predicted molar refractivity (Wildman–Crippen MR) is 76.4 cm³/mol. The molecule has 2 N–H and O–H groups in total. The first-order valence-electron chi connectivity index (χ1n) is 5.87. The third-order valence-electron chi connectivity index (χ3n) is 2.74. The molecule has 19 heavy (non-hydrogen) atoms. The van der Waals surface area contributed by atoms with Crippen LogP contribution in [-0.2, 0) is 0 Å². The minimum Gasteiger partial charge on any atom is -0.497 e. The van der Waals surface area contributed by atoms with Gasteiger partial charge in [-0.25, -0.2) is 0 Å². The Morgan fingerprint density at radius 2 is 1.63 bits per heavy atom. The maximum Gasteiger partial charge on any atom is 0.133 e. The molecule has 4 heteroatoms. The van der Waals surface area contributed by atoms with Crippen molar-refractivity contribution in [2.45, 2.75) is 0 Å². The lowest BCUT2D eigenvalue weighted by molar-refractivity contribution is 0.414. The summed E-state index contributed by atoms with van der Waals surface area (Å²) in [5.74, 6) is 1.76. The number of hydrogen-bond acceptors (Lipinski definition) is 3. The smallest absolute Gasteiger partial charge is 0.133 e. The summed E-state index contributed by atoms with van der Waals surface area (Å²) in [7, 11) is 3.22. The quantitative estimate of drug-likeness (QED) is 0.652. The zero-order chi connectivity index (χ0) is 13.7. The number of rotatable bonds is 4. The zero-order valence-electron chi connectivity index (χ0n) is 10.9. The van der Waals surface area contributed by atoms with E-state index in [0.717, 1.165) is 17.0 Å².